The van der Waals surface area contributed by atoms with Crippen LogP contribution in [0.15, 0.2) is 70.5 Å². The molecule has 0 unspecified atom stereocenters. The molecular formula is C27H26ClN3O3S. The Morgan fingerprint density at radius 2 is 1.91 bits per heavy atom. The molecule has 0 fully saturated rings. The highest BCUT2D eigenvalue weighted by atomic mass is 35.5. The summed E-state index contributed by atoms with van der Waals surface area (Å²) in [6, 6.07) is 17.8. The largest absolute Gasteiger partial charge is 0.454 e. The predicted octanol–water partition coefficient (Wildman–Crippen LogP) is 5.22. The lowest BCUT2D eigenvalue weighted by Gasteiger charge is -2.19. The molecule has 0 atom stereocenters. The Kier molecular flexibility index (Phi) is 7.00. The van der Waals surface area contributed by atoms with E-state index in [1.165, 1.54) is 0 Å². The fourth-order valence-electron chi connectivity index (χ4n) is 4.28. The van der Waals surface area contributed by atoms with Crippen LogP contribution < -0.4 is 15.0 Å². The van der Waals surface area contributed by atoms with Crippen LogP contribution in [0.5, 0.6) is 11.5 Å². The third-order valence-electron chi connectivity index (χ3n) is 6.16. The van der Waals surface area contributed by atoms with Crippen molar-refractivity contribution < 1.29 is 9.47 Å². The highest BCUT2D eigenvalue weighted by Crippen LogP contribution is 2.37. The average Bonchev–Trinajstić information content (AvgIpc) is 3.32. The molecule has 1 aliphatic rings. The minimum absolute atomic E-state index is 0.0193. The molecule has 6 nitrogen and oxygen atoms in total. The maximum Gasteiger partial charge on any atom is 0.255 e. The molecule has 5 rings (SSSR count). The topological polar surface area (TPSA) is 56.6 Å². The molecule has 0 saturated carbocycles. The molecule has 0 N–H and O–H groups in total. The van der Waals surface area contributed by atoms with E-state index in [1.54, 1.807) is 24.0 Å². The lowest BCUT2D eigenvalue weighted by Crippen LogP contribution is -2.30. The summed E-state index contributed by atoms with van der Waals surface area (Å²) < 4.78 is 12.8. The van der Waals surface area contributed by atoms with E-state index in [0.717, 1.165) is 45.6 Å². The van der Waals surface area contributed by atoms with Crippen molar-refractivity contribution in [2.75, 3.05) is 26.6 Å². The van der Waals surface area contributed by atoms with Gasteiger partial charge in [0.05, 0.1) is 12.1 Å². The van der Waals surface area contributed by atoms with Gasteiger partial charge in [-0.3, -0.25) is 9.78 Å². The molecule has 35 heavy (non-hydrogen) atoms. The lowest BCUT2D eigenvalue weighted by atomic mass is 10.1. The summed E-state index contributed by atoms with van der Waals surface area (Å²) in [5, 5.41) is 1.57. The molecule has 0 amide bonds. The number of likely N-dealkylation sites (N-methyl/N-ethyl adjacent to an activating group) is 1. The molecule has 3 heterocycles. The summed E-state index contributed by atoms with van der Waals surface area (Å²) in [4.78, 5) is 21.4. The van der Waals surface area contributed by atoms with Crippen LogP contribution in [0, 0.1) is 0 Å². The van der Waals surface area contributed by atoms with Gasteiger partial charge in [0.15, 0.2) is 11.5 Å². The highest BCUT2D eigenvalue weighted by Gasteiger charge is 2.19. The van der Waals surface area contributed by atoms with E-state index in [1.807, 2.05) is 48.2 Å². The fraction of sp³-hybridized carbons (Fsp3) is 0.259. The summed E-state index contributed by atoms with van der Waals surface area (Å²) in [5.74, 6) is 1.28. The van der Waals surface area contributed by atoms with Crippen molar-refractivity contribution >= 4 is 34.3 Å². The molecule has 2 aromatic heterocycles. The first-order chi connectivity index (χ1) is 17.0. The minimum Gasteiger partial charge on any atom is -0.454 e. The van der Waals surface area contributed by atoms with Gasteiger partial charge in [-0.05, 0) is 60.7 Å². The van der Waals surface area contributed by atoms with E-state index in [0.29, 0.717) is 29.6 Å². The van der Waals surface area contributed by atoms with Crippen molar-refractivity contribution in [1.29, 1.82) is 0 Å². The zero-order valence-corrected chi connectivity index (χ0v) is 21.2. The number of hydrogen-bond donors (Lipinski definition) is 0. The third-order valence-corrected chi connectivity index (χ3v) is 7.24. The molecule has 0 aliphatic carbocycles. The summed E-state index contributed by atoms with van der Waals surface area (Å²) in [7, 11) is 2.03. The standard InChI is InChI=1S/C27H26ClN3O3S/c1-30(10-8-21-5-3-4-9-29-21)15-20-11-18-6-7-22(35-2)13-24(18)31(27(20)32)16-19-12-25-26(14-23(19)28)34-17-33-25/h3-7,9,11-14H,8,10,15-17H2,1-2H3. The van der Waals surface area contributed by atoms with Gasteiger partial charge in [0, 0.05) is 52.9 Å². The number of hydrogen-bond acceptors (Lipinski definition) is 6. The molecule has 4 aromatic rings. The van der Waals surface area contributed by atoms with Crippen LogP contribution in [-0.4, -0.2) is 41.1 Å². The van der Waals surface area contributed by atoms with E-state index in [2.05, 4.69) is 28.1 Å². The van der Waals surface area contributed by atoms with E-state index in [9.17, 15) is 4.79 Å². The van der Waals surface area contributed by atoms with E-state index < -0.39 is 0 Å². The SMILES string of the molecule is CSc1ccc2cc(CN(C)CCc3ccccn3)c(=O)n(Cc3cc4c(cc3Cl)OCO4)c2c1. The first-order valence-corrected chi connectivity index (χ1v) is 13.0. The van der Waals surface area contributed by atoms with Gasteiger partial charge in [0.25, 0.3) is 5.56 Å². The second-order valence-corrected chi connectivity index (χ2v) is 9.88. The van der Waals surface area contributed by atoms with Crippen LogP contribution in [-0.2, 0) is 19.5 Å². The van der Waals surface area contributed by atoms with Crippen molar-refractivity contribution in [2.24, 2.45) is 0 Å². The van der Waals surface area contributed by atoms with Crippen LogP contribution >= 0.6 is 23.4 Å². The zero-order chi connectivity index (χ0) is 24.4. The van der Waals surface area contributed by atoms with E-state index in [4.69, 9.17) is 21.1 Å². The maximum atomic E-state index is 13.8. The maximum absolute atomic E-state index is 13.8. The van der Waals surface area contributed by atoms with Crippen LogP contribution in [0.4, 0.5) is 0 Å². The van der Waals surface area contributed by atoms with Crippen LogP contribution in [0.2, 0.25) is 5.02 Å². The van der Waals surface area contributed by atoms with Crippen molar-refractivity contribution in [3.05, 3.63) is 93.0 Å². The number of thioether (sulfide) groups is 1. The monoisotopic (exact) mass is 507 g/mol. The Balaban J connectivity index is 1.49. The average molecular weight is 508 g/mol. The molecule has 0 radical (unpaired) electrons. The number of aromatic nitrogens is 2. The summed E-state index contributed by atoms with van der Waals surface area (Å²) in [5.41, 5.74) is 3.46. The van der Waals surface area contributed by atoms with Gasteiger partial charge in [0.1, 0.15) is 0 Å². The van der Waals surface area contributed by atoms with Crippen molar-refractivity contribution in [1.82, 2.24) is 14.5 Å². The molecule has 180 valence electrons. The number of benzene rings is 2. The van der Waals surface area contributed by atoms with Gasteiger partial charge in [-0.1, -0.05) is 23.7 Å². The smallest absolute Gasteiger partial charge is 0.255 e. The first kappa shape index (κ1) is 23.7. The molecule has 8 heteroatoms. The Morgan fingerprint density at radius 1 is 1.09 bits per heavy atom. The van der Waals surface area contributed by atoms with Crippen molar-refractivity contribution in [3.63, 3.8) is 0 Å². The molecule has 0 spiro atoms. The number of fused-ring (bicyclic) bond motifs is 2. The van der Waals surface area contributed by atoms with E-state index in [-0.39, 0.29) is 12.4 Å². The van der Waals surface area contributed by atoms with Crippen LogP contribution in [0.1, 0.15) is 16.8 Å². The Labute approximate surface area is 213 Å². The van der Waals surface area contributed by atoms with Gasteiger partial charge >= 0.3 is 0 Å². The zero-order valence-electron chi connectivity index (χ0n) is 19.7. The summed E-state index contributed by atoms with van der Waals surface area (Å²) >= 11 is 8.23. The second-order valence-electron chi connectivity index (χ2n) is 8.59. The van der Waals surface area contributed by atoms with Crippen molar-refractivity contribution in [2.45, 2.75) is 24.4 Å². The highest BCUT2D eigenvalue weighted by molar-refractivity contribution is 7.98. The second kappa shape index (κ2) is 10.3. The van der Waals surface area contributed by atoms with Gasteiger partial charge < -0.3 is 18.9 Å². The Bertz CT molecular complexity index is 1430. The molecule has 0 saturated heterocycles. The molecule has 2 aromatic carbocycles. The lowest BCUT2D eigenvalue weighted by molar-refractivity contribution is 0.174. The summed E-state index contributed by atoms with van der Waals surface area (Å²) in [6.45, 7) is 1.86. The normalized spacial score (nSPS) is 12.6. The van der Waals surface area contributed by atoms with Crippen LogP contribution in [0.25, 0.3) is 10.9 Å². The molecule has 1 aliphatic heterocycles. The van der Waals surface area contributed by atoms with Crippen molar-refractivity contribution in [3.8, 4) is 11.5 Å². The predicted molar refractivity (Wildman–Crippen MR) is 141 cm³/mol. The third kappa shape index (κ3) is 5.17. The first-order valence-electron chi connectivity index (χ1n) is 11.4. The van der Waals surface area contributed by atoms with Crippen LogP contribution in [0.3, 0.4) is 0 Å². The number of pyridine rings is 2. The number of halogens is 1. The van der Waals surface area contributed by atoms with Gasteiger partial charge in [-0.15, -0.1) is 11.8 Å². The fourth-order valence-corrected chi connectivity index (χ4v) is 4.93. The Hall–Kier alpha value is -3.00. The Morgan fingerprint density at radius 3 is 2.69 bits per heavy atom. The molecular weight excluding hydrogens is 482 g/mol. The number of ether oxygens (including phenoxy) is 2. The minimum atomic E-state index is -0.0193. The molecule has 0 bridgehead atoms. The van der Waals surface area contributed by atoms with Gasteiger partial charge in [-0.25, -0.2) is 0 Å². The number of nitrogens with zero attached hydrogens (tertiary/aromatic N) is 3. The number of rotatable bonds is 8. The van der Waals surface area contributed by atoms with Gasteiger partial charge in [0.2, 0.25) is 6.79 Å². The van der Waals surface area contributed by atoms with E-state index >= 15 is 0 Å². The van der Waals surface area contributed by atoms with Gasteiger partial charge in [-0.2, -0.15) is 0 Å². The summed E-state index contributed by atoms with van der Waals surface area (Å²) in [6.07, 6.45) is 4.66. The quantitative estimate of drug-likeness (QED) is 0.305.